The van der Waals surface area contributed by atoms with E-state index < -0.39 is 0 Å². The maximum Gasteiger partial charge on any atom is 0.226 e. The quantitative estimate of drug-likeness (QED) is 0.796. The van der Waals surface area contributed by atoms with Gasteiger partial charge in [0, 0.05) is 41.3 Å². The lowest BCUT2D eigenvalue weighted by Gasteiger charge is -2.22. The smallest absolute Gasteiger partial charge is 0.226 e. The van der Waals surface area contributed by atoms with Gasteiger partial charge in [-0.3, -0.25) is 9.59 Å². The van der Waals surface area contributed by atoms with E-state index in [9.17, 15) is 9.59 Å². The van der Waals surface area contributed by atoms with Crippen LogP contribution in [0.3, 0.4) is 0 Å². The van der Waals surface area contributed by atoms with Crippen molar-refractivity contribution in [3.63, 3.8) is 0 Å². The topological polar surface area (TPSA) is 49.4 Å². The standard InChI is InChI=1S/C19H20Cl2N2O2/c1-12-5-4-6-13(2)19(12)22-18(25)7-8-23(14(3)24)17-10-15(20)9-16(21)11-17/h4-6,9-11H,7-8H2,1-3H3,(H,22,25). The molecule has 0 aliphatic rings. The summed E-state index contributed by atoms with van der Waals surface area (Å²) in [5.41, 5.74) is 3.38. The molecule has 0 bridgehead atoms. The van der Waals surface area contributed by atoms with E-state index in [4.69, 9.17) is 23.2 Å². The first-order valence-corrected chi connectivity index (χ1v) is 8.64. The van der Waals surface area contributed by atoms with Gasteiger partial charge in [-0.15, -0.1) is 0 Å². The number of aryl methyl sites for hydroxylation is 2. The van der Waals surface area contributed by atoms with E-state index in [0.29, 0.717) is 15.7 Å². The van der Waals surface area contributed by atoms with Crippen molar-refractivity contribution in [1.82, 2.24) is 0 Å². The summed E-state index contributed by atoms with van der Waals surface area (Å²) in [6.07, 6.45) is 0.164. The molecule has 2 amide bonds. The highest BCUT2D eigenvalue weighted by atomic mass is 35.5. The van der Waals surface area contributed by atoms with Crippen LogP contribution < -0.4 is 10.2 Å². The zero-order chi connectivity index (χ0) is 18.6. The highest BCUT2D eigenvalue weighted by Crippen LogP contribution is 2.26. The van der Waals surface area contributed by atoms with Crippen LogP contribution in [0.4, 0.5) is 11.4 Å². The van der Waals surface area contributed by atoms with Gasteiger partial charge in [-0.2, -0.15) is 0 Å². The van der Waals surface area contributed by atoms with Crippen molar-refractivity contribution in [2.24, 2.45) is 0 Å². The van der Waals surface area contributed by atoms with Crippen molar-refractivity contribution in [1.29, 1.82) is 0 Å². The van der Waals surface area contributed by atoms with Crippen LogP contribution in [0, 0.1) is 13.8 Å². The number of rotatable bonds is 5. The Kier molecular flexibility index (Phi) is 6.45. The van der Waals surface area contributed by atoms with Crippen molar-refractivity contribution in [2.75, 3.05) is 16.8 Å². The molecule has 0 aromatic heterocycles. The second-order valence-electron chi connectivity index (χ2n) is 5.86. The number of hydrogen-bond donors (Lipinski definition) is 1. The van der Waals surface area contributed by atoms with Crippen molar-refractivity contribution in [2.45, 2.75) is 27.2 Å². The number of nitrogens with zero attached hydrogens (tertiary/aromatic N) is 1. The van der Waals surface area contributed by atoms with Crippen LogP contribution in [-0.4, -0.2) is 18.4 Å². The van der Waals surface area contributed by atoms with E-state index in [0.717, 1.165) is 16.8 Å². The first-order chi connectivity index (χ1) is 11.8. The maximum atomic E-state index is 12.3. The molecule has 0 spiro atoms. The molecule has 0 fully saturated rings. The Morgan fingerprint density at radius 2 is 1.60 bits per heavy atom. The molecule has 2 aromatic carbocycles. The summed E-state index contributed by atoms with van der Waals surface area (Å²) in [7, 11) is 0. The fourth-order valence-electron chi connectivity index (χ4n) is 2.59. The minimum atomic E-state index is -0.182. The van der Waals surface area contributed by atoms with Gasteiger partial charge in [-0.25, -0.2) is 0 Å². The molecule has 2 rings (SSSR count). The van der Waals surface area contributed by atoms with E-state index in [1.54, 1.807) is 18.2 Å². The fourth-order valence-corrected chi connectivity index (χ4v) is 3.10. The lowest BCUT2D eigenvalue weighted by molar-refractivity contribution is -0.117. The van der Waals surface area contributed by atoms with Crippen LogP contribution in [-0.2, 0) is 9.59 Å². The third kappa shape index (κ3) is 5.21. The van der Waals surface area contributed by atoms with Crippen LogP contribution in [0.5, 0.6) is 0 Å². The van der Waals surface area contributed by atoms with Crippen LogP contribution in [0.25, 0.3) is 0 Å². The van der Waals surface area contributed by atoms with E-state index >= 15 is 0 Å². The number of nitrogens with one attached hydrogen (secondary N) is 1. The summed E-state index contributed by atoms with van der Waals surface area (Å²) in [6.45, 7) is 5.57. The average molecular weight is 379 g/mol. The highest BCUT2D eigenvalue weighted by molar-refractivity contribution is 6.35. The number of benzene rings is 2. The molecule has 25 heavy (non-hydrogen) atoms. The number of hydrogen-bond acceptors (Lipinski definition) is 2. The molecule has 6 heteroatoms. The molecule has 0 radical (unpaired) electrons. The number of para-hydroxylation sites is 1. The lowest BCUT2D eigenvalue weighted by atomic mass is 10.1. The van der Waals surface area contributed by atoms with E-state index in [1.165, 1.54) is 11.8 Å². The summed E-state index contributed by atoms with van der Waals surface area (Å²) >= 11 is 12.0. The van der Waals surface area contributed by atoms with E-state index in [2.05, 4.69) is 5.32 Å². The fraction of sp³-hybridized carbons (Fsp3) is 0.263. The normalized spacial score (nSPS) is 10.4. The Morgan fingerprint density at radius 1 is 1.04 bits per heavy atom. The minimum Gasteiger partial charge on any atom is -0.326 e. The predicted octanol–water partition coefficient (Wildman–Crippen LogP) is 4.99. The molecule has 0 unspecified atom stereocenters. The summed E-state index contributed by atoms with van der Waals surface area (Å²) in [4.78, 5) is 25.8. The third-order valence-corrected chi connectivity index (χ3v) is 4.28. The first kappa shape index (κ1) is 19.3. The molecule has 0 aliphatic carbocycles. The van der Waals surface area contributed by atoms with Crippen LogP contribution in [0.2, 0.25) is 10.0 Å². The summed E-state index contributed by atoms with van der Waals surface area (Å²) in [5.74, 6) is -0.338. The largest absolute Gasteiger partial charge is 0.326 e. The monoisotopic (exact) mass is 378 g/mol. The molecular weight excluding hydrogens is 359 g/mol. The maximum absolute atomic E-state index is 12.3. The Morgan fingerprint density at radius 3 is 2.12 bits per heavy atom. The molecule has 4 nitrogen and oxygen atoms in total. The summed E-state index contributed by atoms with van der Waals surface area (Å²) in [5, 5.41) is 3.80. The lowest BCUT2D eigenvalue weighted by Crippen LogP contribution is -2.32. The zero-order valence-electron chi connectivity index (χ0n) is 14.4. The molecule has 132 valence electrons. The van der Waals surface area contributed by atoms with Gasteiger partial charge >= 0.3 is 0 Å². The van der Waals surface area contributed by atoms with Crippen molar-refractivity contribution in [3.8, 4) is 0 Å². The molecule has 0 atom stereocenters. The van der Waals surface area contributed by atoms with Crippen molar-refractivity contribution in [3.05, 3.63) is 57.6 Å². The van der Waals surface area contributed by atoms with E-state index in [-0.39, 0.29) is 24.8 Å². The second kappa shape index (κ2) is 8.37. The molecule has 0 heterocycles. The second-order valence-corrected chi connectivity index (χ2v) is 6.74. The van der Waals surface area contributed by atoms with E-state index in [1.807, 2.05) is 32.0 Å². The average Bonchev–Trinajstić information content (AvgIpc) is 2.50. The Hall–Kier alpha value is -2.04. The third-order valence-electron chi connectivity index (χ3n) is 3.85. The zero-order valence-corrected chi connectivity index (χ0v) is 15.9. The SMILES string of the molecule is CC(=O)N(CCC(=O)Nc1c(C)cccc1C)c1cc(Cl)cc(Cl)c1. The minimum absolute atomic E-state index is 0.156. The van der Waals surface area contributed by atoms with Gasteiger partial charge < -0.3 is 10.2 Å². The summed E-state index contributed by atoms with van der Waals surface area (Å²) < 4.78 is 0. The molecule has 0 saturated heterocycles. The van der Waals surface area contributed by atoms with Gasteiger partial charge in [0.25, 0.3) is 0 Å². The van der Waals surface area contributed by atoms with Crippen molar-refractivity contribution < 1.29 is 9.59 Å². The van der Waals surface area contributed by atoms with Gasteiger partial charge in [0.15, 0.2) is 0 Å². The number of anilines is 2. The number of amides is 2. The number of carbonyl (C=O) groups excluding carboxylic acids is 2. The Labute approximate surface area is 157 Å². The van der Waals surface area contributed by atoms with Gasteiger partial charge in [0.1, 0.15) is 0 Å². The van der Waals surface area contributed by atoms with Crippen LogP contribution in [0.1, 0.15) is 24.5 Å². The van der Waals surface area contributed by atoms with Crippen molar-refractivity contribution >= 4 is 46.4 Å². The summed E-state index contributed by atoms with van der Waals surface area (Å²) in [6, 6.07) is 10.7. The molecule has 0 saturated carbocycles. The number of carbonyl (C=O) groups is 2. The molecule has 0 aliphatic heterocycles. The molecule has 1 N–H and O–H groups in total. The van der Waals surface area contributed by atoms with Gasteiger partial charge in [-0.05, 0) is 43.2 Å². The number of halogens is 2. The van der Waals surface area contributed by atoms with Gasteiger partial charge in [-0.1, -0.05) is 41.4 Å². The Balaban J connectivity index is 2.08. The first-order valence-electron chi connectivity index (χ1n) is 7.88. The molecular formula is C19H20Cl2N2O2. The Bertz CT molecular complexity index is 766. The van der Waals surface area contributed by atoms with Gasteiger partial charge in [0.2, 0.25) is 11.8 Å². The molecule has 2 aromatic rings. The highest BCUT2D eigenvalue weighted by Gasteiger charge is 2.15. The predicted molar refractivity (Wildman–Crippen MR) is 104 cm³/mol. The van der Waals surface area contributed by atoms with Gasteiger partial charge in [0.05, 0.1) is 0 Å². The van der Waals surface area contributed by atoms with Crippen LogP contribution >= 0.6 is 23.2 Å². The van der Waals surface area contributed by atoms with Crippen LogP contribution in [0.15, 0.2) is 36.4 Å².